The fraction of sp³-hybridized carbons (Fsp3) is 1.00. The molecule has 0 bridgehead atoms. The van der Waals surface area contributed by atoms with E-state index in [4.69, 9.17) is 0 Å². The molecule has 5 heteroatoms. The second kappa shape index (κ2) is 1.84. The molecule has 0 N–H and O–H groups in total. The Morgan fingerprint density at radius 1 is 1.67 bits per heavy atom. The second-order valence-electron chi connectivity index (χ2n) is 0.706. The molecule has 0 saturated heterocycles. The zero-order valence-electron chi connectivity index (χ0n) is 2.89. The lowest BCUT2D eigenvalue weighted by Crippen LogP contribution is -1.93. The minimum Gasteiger partial charge on any atom is -0.213 e. The highest BCUT2D eigenvalue weighted by molar-refractivity contribution is 8.14. The van der Waals surface area contributed by atoms with Crippen molar-refractivity contribution in [1.82, 2.24) is 0 Å². The van der Waals surface area contributed by atoms with E-state index < -0.39 is 14.7 Å². The van der Waals surface area contributed by atoms with Crippen LogP contribution in [-0.2, 0) is 9.05 Å². The molecular weight excluding hydrogens is 122 g/mol. The van der Waals surface area contributed by atoms with Crippen LogP contribution in [0.2, 0.25) is 0 Å². The first kappa shape index (κ1) is 6.30. The zero-order chi connectivity index (χ0) is 5.21. The summed E-state index contributed by atoms with van der Waals surface area (Å²) >= 11 is 0. The van der Waals surface area contributed by atoms with Gasteiger partial charge in [0.2, 0.25) is 9.05 Å². The van der Waals surface area contributed by atoms with E-state index >= 15 is 0 Å². The molecule has 0 aromatic heterocycles. The van der Waals surface area contributed by atoms with Gasteiger partial charge in [-0.25, -0.2) is 8.42 Å². The van der Waals surface area contributed by atoms with Crippen LogP contribution in [-0.4, -0.2) is 21.9 Å². The topological polar surface area (TPSA) is 34.1 Å². The summed E-state index contributed by atoms with van der Waals surface area (Å²) in [6.45, 7) is 0. The van der Waals surface area contributed by atoms with Gasteiger partial charge in [-0.3, -0.25) is 0 Å². The summed E-state index contributed by atoms with van der Waals surface area (Å²) in [6.07, 6.45) is 0. The van der Waals surface area contributed by atoms with Gasteiger partial charge in [0.25, 0.3) is 0 Å². The third kappa shape index (κ3) is 4.30. The molecule has 0 unspecified atom stereocenters. The minimum absolute atomic E-state index is 0.492. The maximum atomic E-state index is 9.64. The number of halogens is 1. The normalized spacial score (nSPS) is 11.5. The van der Waals surface area contributed by atoms with Crippen molar-refractivity contribution in [1.29, 1.82) is 0 Å². The highest BCUT2D eigenvalue weighted by atomic mass is 35.7. The average molecular weight is 124 g/mol. The molecular formula is CH2BClO2S. The van der Waals surface area contributed by atoms with Crippen LogP contribution in [0, 0.1) is 0 Å². The predicted octanol–water partition coefficient (Wildman–Crippen LogP) is -0.319. The van der Waals surface area contributed by atoms with E-state index in [0.717, 1.165) is 0 Å². The van der Waals surface area contributed by atoms with Crippen LogP contribution in [0.5, 0.6) is 0 Å². The van der Waals surface area contributed by atoms with Gasteiger partial charge in [-0.15, -0.1) is 0 Å². The fourth-order valence-electron chi connectivity index (χ4n) is 0. The van der Waals surface area contributed by atoms with E-state index in [1.807, 2.05) is 0 Å². The molecule has 6 heavy (non-hydrogen) atoms. The van der Waals surface area contributed by atoms with Gasteiger partial charge in [-0.2, -0.15) is 0 Å². The first-order chi connectivity index (χ1) is 2.56. The third-order valence-electron chi connectivity index (χ3n) is 0.199. The quantitative estimate of drug-likeness (QED) is 0.355. The average Bonchev–Trinajstić information content (AvgIpc) is 1.35. The predicted molar refractivity (Wildman–Crippen MR) is 25.4 cm³/mol. The van der Waals surface area contributed by atoms with Crippen molar-refractivity contribution in [2.75, 3.05) is 5.65 Å². The van der Waals surface area contributed by atoms with Crippen LogP contribution >= 0.6 is 10.7 Å². The molecule has 0 heterocycles. The Kier molecular flexibility index (Phi) is 1.94. The van der Waals surface area contributed by atoms with Gasteiger partial charge in [0, 0.05) is 16.3 Å². The molecule has 0 saturated carbocycles. The molecule has 0 rings (SSSR count). The Hall–Kier alpha value is 0.305. The molecule has 0 aromatic carbocycles. The first-order valence-corrected chi connectivity index (χ1v) is 3.66. The van der Waals surface area contributed by atoms with Crippen molar-refractivity contribution in [2.24, 2.45) is 0 Å². The summed E-state index contributed by atoms with van der Waals surface area (Å²) < 4.78 is 19.3. The van der Waals surface area contributed by atoms with Gasteiger partial charge < -0.3 is 0 Å². The molecule has 0 spiro atoms. The maximum Gasteiger partial charge on any atom is 0.224 e. The van der Waals surface area contributed by atoms with Crippen molar-refractivity contribution in [3.8, 4) is 0 Å². The van der Waals surface area contributed by atoms with E-state index in [1.54, 1.807) is 0 Å². The standard InChI is InChI=1S/CH2BClO2S/c2-1-6(3,4)5/h1H2. The van der Waals surface area contributed by atoms with E-state index in [1.165, 1.54) is 0 Å². The van der Waals surface area contributed by atoms with Crippen LogP contribution in [0.4, 0.5) is 0 Å². The summed E-state index contributed by atoms with van der Waals surface area (Å²) in [4.78, 5) is 0. The van der Waals surface area contributed by atoms with Crippen LogP contribution in [0.15, 0.2) is 0 Å². The Balaban J connectivity index is 3.85. The first-order valence-electron chi connectivity index (χ1n) is 1.18. The molecule has 34 valence electrons. The summed E-state index contributed by atoms with van der Waals surface area (Å²) in [6, 6.07) is 0. The van der Waals surface area contributed by atoms with Crippen LogP contribution < -0.4 is 0 Å². The monoisotopic (exact) mass is 124 g/mol. The van der Waals surface area contributed by atoms with Crippen LogP contribution in [0.1, 0.15) is 0 Å². The van der Waals surface area contributed by atoms with Gasteiger partial charge in [0.1, 0.15) is 0 Å². The lowest BCUT2D eigenvalue weighted by atomic mass is 10.2. The summed E-state index contributed by atoms with van der Waals surface area (Å²) in [7, 11) is 5.74. The molecule has 0 atom stereocenters. The SMILES string of the molecule is [B]CS(=O)(=O)Cl. The molecule has 2 radical (unpaired) electrons. The Morgan fingerprint density at radius 2 is 1.83 bits per heavy atom. The smallest absolute Gasteiger partial charge is 0.213 e. The fourth-order valence-corrected chi connectivity index (χ4v) is 0. The molecule has 2 nitrogen and oxygen atoms in total. The van der Waals surface area contributed by atoms with E-state index in [2.05, 4.69) is 18.5 Å². The molecule has 0 aliphatic carbocycles. The third-order valence-corrected chi connectivity index (χ3v) is 0.975. The number of rotatable bonds is 1. The molecule has 0 aliphatic rings. The Morgan fingerprint density at radius 3 is 1.83 bits per heavy atom. The zero-order valence-corrected chi connectivity index (χ0v) is 4.46. The van der Waals surface area contributed by atoms with Crippen molar-refractivity contribution >= 4 is 27.6 Å². The van der Waals surface area contributed by atoms with Gasteiger partial charge >= 0.3 is 0 Å². The van der Waals surface area contributed by atoms with Crippen molar-refractivity contribution in [3.63, 3.8) is 0 Å². The van der Waals surface area contributed by atoms with Gasteiger partial charge in [-0.1, -0.05) is 0 Å². The summed E-state index contributed by atoms with van der Waals surface area (Å²) in [5.41, 5.74) is -0.492. The number of hydrogen-bond acceptors (Lipinski definition) is 2. The lowest BCUT2D eigenvalue weighted by molar-refractivity contribution is 0.613. The van der Waals surface area contributed by atoms with E-state index in [0.29, 0.717) is 0 Å². The minimum atomic E-state index is -3.41. The van der Waals surface area contributed by atoms with Gasteiger partial charge in [0.15, 0.2) is 0 Å². The number of hydrogen-bond donors (Lipinski definition) is 0. The van der Waals surface area contributed by atoms with Crippen molar-refractivity contribution in [3.05, 3.63) is 0 Å². The summed E-state index contributed by atoms with van der Waals surface area (Å²) in [5, 5.41) is 0. The highest BCUT2D eigenvalue weighted by Gasteiger charge is 1.94. The molecule has 0 aromatic rings. The van der Waals surface area contributed by atoms with Crippen molar-refractivity contribution in [2.45, 2.75) is 0 Å². The lowest BCUT2D eigenvalue weighted by Gasteiger charge is -1.77. The molecule has 0 amide bonds. The van der Waals surface area contributed by atoms with Gasteiger partial charge in [-0.05, 0) is 0 Å². The maximum absolute atomic E-state index is 9.64. The Labute approximate surface area is 42.3 Å². The van der Waals surface area contributed by atoms with E-state index in [9.17, 15) is 8.42 Å². The molecule has 0 fully saturated rings. The van der Waals surface area contributed by atoms with Crippen LogP contribution in [0.25, 0.3) is 0 Å². The highest BCUT2D eigenvalue weighted by Crippen LogP contribution is 1.89. The van der Waals surface area contributed by atoms with Crippen molar-refractivity contribution < 1.29 is 8.42 Å². The van der Waals surface area contributed by atoms with E-state index in [-0.39, 0.29) is 0 Å². The van der Waals surface area contributed by atoms with Gasteiger partial charge in [0.05, 0.1) is 7.85 Å². The second-order valence-corrected chi connectivity index (χ2v) is 3.53. The van der Waals surface area contributed by atoms with Crippen LogP contribution in [0.3, 0.4) is 0 Å². The molecule has 0 aliphatic heterocycles. The Bertz CT molecular complexity index is 116. The largest absolute Gasteiger partial charge is 0.224 e. The summed E-state index contributed by atoms with van der Waals surface area (Å²) in [5.74, 6) is 0.